The highest BCUT2D eigenvalue weighted by Gasteiger charge is 2.05. The van der Waals surface area contributed by atoms with E-state index in [-0.39, 0.29) is 0 Å². The molecule has 0 saturated carbocycles. The lowest BCUT2D eigenvalue weighted by atomic mass is 10.1. The SMILES string of the molecule is Cc1ccc(C)c(OCCNCc2ccccc2)c1C. The Kier molecular flexibility index (Phi) is 5.19. The molecule has 106 valence electrons. The first-order valence-corrected chi connectivity index (χ1v) is 7.12. The summed E-state index contributed by atoms with van der Waals surface area (Å²) in [6.45, 7) is 8.76. The first kappa shape index (κ1) is 14.6. The van der Waals surface area contributed by atoms with E-state index in [1.165, 1.54) is 22.3 Å². The van der Waals surface area contributed by atoms with Gasteiger partial charge in [0.05, 0.1) is 0 Å². The van der Waals surface area contributed by atoms with Crippen LogP contribution in [0.1, 0.15) is 22.3 Å². The number of aryl methyl sites for hydroxylation is 2. The summed E-state index contributed by atoms with van der Waals surface area (Å²) in [5.74, 6) is 1.03. The number of rotatable bonds is 6. The summed E-state index contributed by atoms with van der Waals surface area (Å²) in [6, 6.07) is 14.7. The van der Waals surface area contributed by atoms with Crippen LogP contribution in [0, 0.1) is 20.8 Å². The molecule has 20 heavy (non-hydrogen) atoms. The summed E-state index contributed by atoms with van der Waals surface area (Å²) in [6.07, 6.45) is 0. The Morgan fingerprint density at radius 3 is 2.35 bits per heavy atom. The zero-order valence-electron chi connectivity index (χ0n) is 12.6. The van der Waals surface area contributed by atoms with Crippen LogP contribution in [-0.2, 0) is 6.54 Å². The van der Waals surface area contributed by atoms with Crippen LogP contribution in [0.3, 0.4) is 0 Å². The Bertz CT molecular complexity index is 549. The Hall–Kier alpha value is -1.80. The number of hydrogen-bond donors (Lipinski definition) is 1. The van der Waals surface area contributed by atoms with Gasteiger partial charge in [0.15, 0.2) is 0 Å². The molecule has 0 fully saturated rings. The van der Waals surface area contributed by atoms with Gasteiger partial charge in [-0.3, -0.25) is 0 Å². The zero-order valence-corrected chi connectivity index (χ0v) is 12.6. The van der Waals surface area contributed by atoms with Gasteiger partial charge >= 0.3 is 0 Å². The van der Waals surface area contributed by atoms with Crippen molar-refractivity contribution in [1.82, 2.24) is 5.32 Å². The monoisotopic (exact) mass is 269 g/mol. The van der Waals surface area contributed by atoms with Crippen LogP contribution >= 0.6 is 0 Å². The summed E-state index contributed by atoms with van der Waals surface area (Å²) in [5, 5.41) is 3.40. The molecule has 0 aromatic heterocycles. The van der Waals surface area contributed by atoms with E-state index in [2.05, 4.69) is 62.5 Å². The first-order valence-electron chi connectivity index (χ1n) is 7.12. The normalized spacial score (nSPS) is 10.6. The van der Waals surface area contributed by atoms with Crippen LogP contribution in [0.4, 0.5) is 0 Å². The predicted octanol–water partition coefficient (Wildman–Crippen LogP) is 3.78. The molecule has 2 nitrogen and oxygen atoms in total. The van der Waals surface area contributed by atoms with Crippen molar-refractivity contribution in [3.05, 3.63) is 64.7 Å². The molecule has 0 aliphatic carbocycles. The van der Waals surface area contributed by atoms with Crippen molar-refractivity contribution < 1.29 is 4.74 Å². The number of benzene rings is 2. The summed E-state index contributed by atoms with van der Waals surface area (Å²) in [5.41, 5.74) is 5.03. The van der Waals surface area contributed by atoms with E-state index in [4.69, 9.17) is 4.74 Å². The molecule has 0 saturated heterocycles. The van der Waals surface area contributed by atoms with Crippen molar-refractivity contribution >= 4 is 0 Å². The quantitative estimate of drug-likeness (QED) is 0.806. The lowest BCUT2D eigenvalue weighted by Gasteiger charge is -2.14. The van der Waals surface area contributed by atoms with Crippen LogP contribution in [0.25, 0.3) is 0 Å². The van der Waals surface area contributed by atoms with Gasteiger partial charge < -0.3 is 10.1 Å². The average molecular weight is 269 g/mol. The number of ether oxygens (including phenoxy) is 1. The minimum atomic E-state index is 0.692. The highest BCUT2D eigenvalue weighted by Crippen LogP contribution is 2.25. The van der Waals surface area contributed by atoms with Crippen molar-refractivity contribution in [2.45, 2.75) is 27.3 Å². The van der Waals surface area contributed by atoms with Crippen LogP contribution in [0.2, 0.25) is 0 Å². The molecule has 2 heteroatoms. The molecule has 0 atom stereocenters. The Morgan fingerprint density at radius 1 is 0.900 bits per heavy atom. The molecule has 2 rings (SSSR count). The van der Waals surface area contributed by atoms with Crippen molar-refractivity contribution in [2.75, 3.05) is 13.2 Å². The molecule has 0 aliphatic heterocycles. The molecule has 0 unspecified atom stereocenters. The Balaban J connectivity index is 1.78. The van der Waals surface area contributed by atoms with E-state index < -0.39 is 0 Å². The molecule has 0 bridgehead atoms. The van der Waals surface area contributed by atoms with E-state index in [1.807, 2.05) is 6.07 Å². The fourth-order valence-electron chi connectivity index (χ4n) is 2.20. The summed E-state index contributed by atoms with van der Waals surface area (Å²) in [4.78, 5) is 0. The number of nitrogens with one attached hydrogen (secondary N) is 1. The lowest BCUT2D eigenvalue weighted by molar-refractivity contribution is 0.309. The van der Waals surface area contributed by atoms with Crippen molar-refractivity contribution in [3.8, 4) is 5.75 Å². The van der Waals surface area contributed by atoms with E-state index in [1.54, 1.807) is 0 Å². The molecule has 2 aromatic rings. The second-order valence-electron chi connectivity index (χ2n) is 5.16. The predicted molar refractivity (Wildman–Crippen MR) is 84.3 cm³/mol. The number of hydrogen-bond acceptors (Lipinski definition) is 2. The molecular formula is C18H23NO. The highest BCUT2D eigenvalue weighted by atomic mass is 16.5. The van der Waals surface area contributed by atoms with Crippen LogP contribution in [0.5, 0.6) is 5.75 Å². The lowest BCUT2D eigenvalue weighted by Crippen LogP contribution is -2.21. The third-order valence-corrected chi connectivity index (χ3v) is 3.57. The Morgan fingerprint density at radius 2 is 1.60 bits per heavy atom. The molecule has 2 aromatic carbocycles. The summed E-state index contributed by atoms with van der Waals surface area (Å²) >= 11 is 0. The van der Waals surface area contributed by atoms with E-state index in [0.717, 1.165) is 18.8 Å². The van der Waals surface area contributed by atoms with Gasteiger partial charge in [0, 0.05) is 13.1 Å². The average Bonchev–Trinajstić information content (AvgIpc) is 2.47. The van der Waals surface area contributed by atoms with E-state index >= 15 is 0 Å². The standard InChI is InChI=1S/C18H23NO/c1-14-9-10-15(2)18(16(14)3)20-12-11-19-13-17-7-5-4-6-8-17/h4-10,19H,11-13H2,1-3H3. The van der Waals surface area contributed by atoms with Crippen molar-refractivity contribution in [2.24, 2.45) is 0 Å². The van der Waals surface area contributed by atoms with Gasteiger partial charge in [-0.1, -0.05) is 42.5 Å². The maximum Gasteiger partial charge on any atom is 0.125 e. The molecule has 0 radical (unpaired) electrons. The van der Waals surface area contributed by atoms with Gasteiger partial charge in [-0.15, -0.1) is 0 Å². The molecule has 0 spiro atoms. The summed E-state index contributed by atoms with van der Waals surface area (Å²) < 4.78 is 5.92. The van der Waals surface area contributed by atoms with Crippen molar-refractivity contribution in [3.63, 3.8) is 0 Å². The van der Waals surface area contributed by atoms with Gasteiger partial charge in [0.1, 0.15) is 12.4 Å². The van der Waals surface area contributed by atoms with E-state index in [9.17, 15) is 0 Å². The largest absolute Gasteiger partial charge is 0.492 e. The fourth-order valence-corrected chi connectivity index (χ4v) is 2.20. The Labute approximate surface area is 121 Å². The minimum Gasteiger partial charge on any atom is -0.492 e. The topological polar surface area (TPSA) is 21.3 Å². The second kappa shape index (κ2) is 7.11. The van der Waals surface area contributed by atoms with Crippen LogP contribution < -0.4 is 10.1 Å². The third-order valence-electron chi connectivity index (χ3n) is 3.57. The maximum absolute atomic E-state index is 5.92. The fraction of sp³-hybridized carbons (Fsp3) is 0.333. The van der Waals surface area contributed by atoms with Gasteiger partial charge in [0.25, 0.3) is 0 Å². The second-order valence-corrected chi connectivity index (χ2v) is 5.16. The van der Waals surface area contributed by atoms with Gasteiger partial charge in [-0.25, -0.2) is 0 Å². The summed E-state index contributed by atoms with van der Waals surface area (Å²) in [7, 11) is 0. The van der Waals surface area contributed by atoms with Crippen molar-refractivity contribution in [1.29, 1.82) is 0 Å². The molecule has 1 N–H and O–H groups in total. The van der Waals surface area contributed by atoms with E-state index in [0.29, 0.717) is 6.61 Å². The highest BCUT2D eigenvalue weighted by molar-refractivity contribution is 5.44. The van der Waals surface area contributed by atoms with Gasteiger partial charge in [0.2, 0.25) is 0 Å². The van der Waals surface area contributed by atoms with Crippen LogP contribution in [-0.4, -0.2) is 13.2 Å². The molecule has 0 heterocycles. The third kappa shape index (κ3) is 3.84. The zero-order chi connectivity index (χ0) is 14.4. The van der Waals surface area contributed by atoms with Crippen LogP contribution in [0.15, 0.2) is 42.5 Å². The van der Waals surface area contributed by atoms with Gasteiger partial charge in [-0.05, 0) is 43.0 Å². The van der Waals surface area contributed by atoms with Gasteiger partial charge in [-0.2, -0.15) is 0 Å². The molecule has 0 amide bonds. The molecule has 0 aliphatic rings. The maximum atomic E-state index is 5.92. The molecular weight excluding hydrogens is 246 g/mol. The first-order chi connectivity index (χ1) is 9.68. The minimum absolute atomic E-state index is 0.692. The smallest absolute Gasteiger partial charge is 0.125 e.